The van der Waals surface area contributed by atoms with E-state index in [2.05, 4.69) is 14.8 Å². The Bertz CT molecular complexity index is 2450. The Hall–Kier alpha value is -6.80. The first kappa shape index (κ1) is 70.3. The van der Waals surface area contributed by atoms with E-state index < -0.39 is 163 Å². The molecule has 0 heterocycles. The van der Waals surface area contributed by atoms with E-state index in [-0.39, 0.29) is 23.5 Å². The van der Waals surface area contributed by atoms with Gasteiger partial charge in [0.25, 0.3) is 17.7 Å². The average Bonchev–Trinajstić information content (AvgIpc) is 3.33. The Morgan fingerprint density at radius 3 is 1.16 bits per heavy atom. The number of aliphatic carboxylic acids is 1. The first-order chi connectivity index (χ1) is 37.0. The Morgan fingerprint density at radius 2 is 0.827 bits per heavy atom. The third kappa shape index (κ3) is 24.4. The van der Waals surface area contributed by atoms with Gasteiger partial charge in [0, 0.05) is 46.8 Å². The summed E-state index contributed by atoms with van der Waals surface area (Å²) in [5.74, 6) is -11.5. The molecule has 27 heteroatoms. The molecule has 0 radical (unpaired) electrons. The maximum Gasteiger partial charge on any atom is 0.573 e. The maximum absolute atomic E-state index is 15.5. The van der Waals surface area contributed by atoms with Gasteiger partial charge in [0.2, 0.25) is 6.10 Å². The fraction of sp³-hybridized carbons (Fsp3) is 0.630. The summed E-state index contributed by atoms with van der Waals surface area (Å²) >= 11 is 0. The molecule has 0 aliphatic carbocycles. The second kappa shape index (κ2) is 29.8. The molecule has 81 heavy (non-hydrogen) atoms. The van der Waals surface area contributed by atoms with E-state index in [9.17, 15) is 69.8 Å². The van der Waals surface area contributed by atoms with Crippen molar-refractivity contribution in [2.24, 2.45) is 11.8 Å². The van der Waals surface area contributed by atoms with Gasteiger partial charge in [-0.2, -0.15) is 0 Å². The summed E-state index contributed by atoms with van der Waals surface area (Å²) in [7, 11) is 4.72. The molecule has 0 fully saturated rings. The van der Waals surface area contributed by atoms with Crippen LogP contribution in [0.5, 0.6) is 11.5 Å². The number of likely N-dealkylation sites (N-methyl/N-ethyl adjacent to an activating group) is 4. The summed E-state index contributed by atoms with van der Waals surface area (Å²) in [4.78, 5) is 112. The van der Waals surface area contributed by atoms with Gasteiger partial charge >= 0.3 is 42.6 Å². The highest BCUT2D eigenvalue weighted by Crippen LogP contribution is 2.28. The number of hydrogen-bond donors (Lipinski definition) is 2. The number of nitrogens with one attached hydrogen (secondary N) is 1. The van der Waals surface area contributed by atoms with Crippen LogP contribution in [0.3, 0.4) is 0 Å². The number of hydrogen-bond acceptors (Lipinski definition) is 15. The highest BCUT2D eigenvalue weighted by Gasteiger charge is 2.43. The zero-order chi connectivity index (χ0) is 62.3. The van der Waals surface area contributed by atoms with E-state index in [0.29, 0.717) is 11.3 Å². The number of alkyl halides is 8. The number of carboxylic acid groups (broad SMARTS) is 1. The lowest BCUT2D eigenvalue weighted by Gasteiger charge is -2.35. The summed E-state index contributed by atoms with van der Waals surface area (Å²) in [6, 6.07) is 1.81. The number of benzene rings is 2. The van der Waals surface area contributed by atoms with Crippen LogP contribution in [-0.4, -0.2) is 168 Å². The highest BCUT2D eigenvalue weighted by molar-refractivity contribution is 5.93. The van der Waals surface area contributed by atoms with Crippen LogP contribution in [0.1, 0.15) is 106 Å². The van der Waals surface area contributed by atoms with Crippen LogP contribution in [0.25, 0.3) is 0 Å². The van der Waals surface area contributed by atoms with Crippen molar-refractivity contribution < 1.29 is 107 Å². The molecule has 2 N–H and O–H groups in total. The van der Waals surface area contributed by atoms with Gasteiger partial charge in [-0.05, 0) is 109 Å². The molecule has 456 valence electrons. The van der Waals surface area contributed by atoms with E-state index in [1.807, 2.05) is 13.8 Å². The van der Waals surface area contributed by atoms with Crippen LogP contribution in [0.15, 0.2) is 48.5 Å². The van der Waals surface area contributed by atoms with Crippen molar-refractivity contribution in [1.29, 1.82) is 0 Å². The maximum atomic E-state index is 15.5. The fourth-order valence-electron chi connectivity index (χ4n) is 8.09. The monoisotopic (exact) mass is 1170 g/mol. The van der Waals surface area contributed by atoms with Crippen LogP contribution in [0.4, 0.5) is 35.1 Å². The standard InChI is InChI=1S/C54H74F8N4O15/c1-29(2)23-37(63-11)47(72)76-31(5)43(67)65(13)39(27-51(7,8)55)49(74)78-41(25-33-15-19-35(20-16-33)80-53(57,58)59)45(69)64(12)38(24-30(3)4)48(73)77-32(6)44(68)66(14)40(28-52(9,10)56)50(75)79-42(46(70)71)26-34-17-21-36(22-18-34)81-54(60,61)62/h15-22,29-32,37-42,63H,23-28H2,1-14H3,(H,70,71)/t31-,32-,37+,38+,39+,40-,41-,42-/m1/s1. The quantitative estimate of drug-likeness (QED) is 0.0438. The Morgan fingerprint density at radius 1 is 0.494 bits per heavy atom. The molecule has 2 aromatic carbocycles. The predicted molar refractivity (Wildman–Crippen MR) is 273 cm³/mol. The SMILES string of the molecule is CN[C@@H](CC(C)C)C(=O)O[C@H](C)C(=O)N(C)[C@@H](CC(C)(C)F)C(=O)O[C@H](Cc1ccc(OC(F)(F)F)cc1)C(=O)N(C)[C@@H](CC(C)C)C(=O)O[C@H](C)C(=O)N(C)[C@H](CC(C)(C)F)C(=O)O[C@H](Cc1ccc(OC(F)(F)F)cc1)C(=O)O. The van der Waals surface area contributed by atoms with E-state index in [1.165, 1.54) is 14.0 Å². The molecule has 8 atom stereocenters. The van der Waals surface area contributed by atoms with Gasteiger partial charge in [0.15, 0.2) is 18.3 Å². The molecule has 0 saturated heterocycles. The minimum Gasteiger partial charge on any atom is -0.478 e. The van der Waals surface area contributed by atoms with Crippen LogP contribution in [0.2, 0.25) is 0 Å². The Kier molecular flexibility index (Phi) is 25.8. The molecule has 0 aromatic heterocycles. The molecule has 0 bridgehead atoms. The molecule has 2 rings (SSSR count). The number of carbonyl (C=O) groups is 8. The molecular weight excluding hydrogens is 1100 g/mol. The van der Waals surface area contributed by atoms with Gasteiger partial charge in [-0.1, -0.05) is 52.0 Å². The molecule has 0 spiro atoms. The van der Waals surface area contributed by atoms with Crippen molar-refractivity contribution in [2.45, 2.75) is 180 Å². The third-order valence-electron chi connectivity index (χ3n) is 12.2. The summed E-state index contributed by atoms with van der Waals surface area (Å²) < 4.78 is 138. The third-order valence-corrected chi connectivity index (χ3v) is 12.2. The summed E-state index contributed by atoms with van der Waals surface area (Å²) in [6.07, 6.45) is -20.1. The lowest BCUT2D eigenvalue weighted by atomic mass is 9.98. The minimum atomic E-state index is -5.08. The fourth-order valence-corrected chi connectivity index (χ4v) is 8.09. The Labute approximate surface area is 465 Å². The van der Waals surface area contributed by atoms with Gasteiger partial charge in [-0.15, -0.1) is 26.3 Å². The molecular formula is C54H74F8N4O15. The number of esters is 4. The summed E-state index contributed by atoms with van der Waals surface area (Å²) in [6.45, 7) is 13.5. The first-order valence-corrected chi connectivity index (χ1v) is 25.6. The van der Waals surface area contributed by atoms with E-state index >= 15 is 8.78 Å². The smallest absolute Gasteiger partial charge is 0.478 e. The van der Waals surface area contributed by atoms with Gasteiger partial charge in [0.1, 0.15) is 47.0 Å². The number of rotatable bonds is 30. The number of halogens is 8. The molecule has 3 amide bonds. The van der Waals surface area contributed by atoms with Gasteiger partial charge in [-0.3, -0.25) is 19.2 Å². The van der Waals surface area contributed by atoms with Gasteiger partial charge in [0.05, 0.1) is 0 Å². The molecule has 0 aliphatic heterocycles. The van der Waals surface area contributed by atoms with Crippen LogP contribution < -0.4 is 14.8 Å². The van der Waals surface area contributed by atoms with Crippen molar-refractivity contribution >= 4 is 47.6 Å². The second-order valence-corrected chi connectivity index (χ2v) is 21.5. The lowest BCUT2D eigenvalue weighted by Crippen LogP contribution is -2.54. The zero-order valence-electron chi connectivity index (χ0n) is 47.7. The molecule has 0 aliphatic rings. The molecule has 0 saturated carbocycles. The van der Waals surface area contributed by atoms with E-state index in [0.717, 1.165) is 114 Å². The molecule has 2 aromatic rings. The molecule has 19 nitrogen and oxygen atoms in total. The van der Waals surface area contributed by atoms with Crippen molar-refractivity contribution in [3.63, 3.8) is 0 Å². The number of nitrogens with zero attached hydrogens (tertiary/aromatic N) is 3. The normalized spacial score (nSPS) is 15.2. The van der Waals surface area contributed by atoms with E-state index in [4.69, 9.17) is 18.9 Å². The number of ether oxygens (including phenoxy) is 6. The average molecular weight is 1170 g/mol. The summed E-state index contributed by atoms with van der Waals surface area (Å²) in [5, 5.41) is 12.7. The van der Waals surface area contributed by atoms with E-state index in [1.54, 1.807) is 13.8 Å². The van der Waals surface area contributed by atoms with Gasteiger partial charge in [-0.25, -0.2) is 28.0 Å². The topological polar surface area (TPSA) is 234 Å². The Balaban J connectivity index is 2.55. The van der Waals surface area contributed by atoms with Crippen molar-refractivity contribution in [3.05, 3.63) is 59.7 Å². The second-order valence-electron chi connectivity index (χ2n) is 21.5. The van der Waals surface area contributed by atoms with Crippen LogP contribution >= 0.6 is 0 Å². The first-order valence-electron chi connectivity index (χ1n) is 25.6. The van der Waals surface area contributed by atoms with Crippen LogP contribution in [0, 0.1) is 11.8 Å². The van der Waals surface area contributed by atoms with Crippen molar-refractivity contribution in [1.82, 2.24) is 20.0 Å². The van der Waals surface area contributed by atoms with Crippen molar-refractivity contribution in [3.8, 4) is 11.5 Å². The zero-order valence-corrected chi connectivity index (χ0v) is 47.7. The number of carbonyl (C=O) groups excluding carboxylic acids is 7. The summed E-state index contributed by atoms with van der Waals surface area (Å²) in [5.41, 5.74) is -4.30. The predicted octanol–water partition coefficient (Wildman–Crippen LogP) is 7.48. The van der Waals surface area contributed by atoms with Crippen molar-refractivity contribution in [2.75, 3.05) is 28.2 Å². The van der Waals surface area contributed by atoms with Crippen LogP contribution in [-0.2, 0) is 70.1 Å². The minimum absolute atomic E-state index is 0.0385. The number of carboxylic acids is 1. The largest absolute Gasteiger partial charge is 0.573 e. The number of amides is 3. The van der Waals surface area contributed by atoms with Gasteiger partial charge < -0.3 is 53.5 Å². The lowest BCUT2D eigenvalue weighted by molar-refractivity contribution is -0.275. The molecule has 0 unspecified atom stereocenters. The highest BCUT2D eigenvalue weighted by atomic mass is 19.4.